The van der Waals surface area contributed by atoms with E-state index in [9.17, 15) is 4.79 Å². The Hall–Kier alpha value is -1.51. The molecule has 1 saturated carbocycles. The molecule has 110 valence electrons. The van der Waals surface area contributed by atoms with Crippen LogP contribution < -0.4 is 5.73 Å². The first-order valence-electron chi connectivity index (χ1n) is 7.60. The minimum atomic E-state index is -0.488. The van der Waals surface area contributed by atoms with Crippen LogP contribution in [0.25, 0.3) is 0 Å². The van der Waals surface area contributed by atoms with Gasteiger partial charge in [0.1, 0.15) is 0 Å². The van der Waals surface area contributed by atoms with Crippen LogP contribution in [-0.2, 0) is 10.2 Å². The van der Waals surface area contributed by atoms with E-state index in [4.69, 9.17) is 5.73 Å². The Kier molecular flexibility index (Phi) is 4.36. The summed E-state index contributed by atoms with van der Waals surface area (Å²) in [6, 6.07) is 7.67. The lowest BCUT2D eigenvalue weighted by Crippen LogP contribution is -2.44. The van der Waals surface area contributed by atoms with Crippen LogP contribution in [-0.4, -0.2) is 23.9 Å². The van der Waals surface area contributed by atoms with E-state index >= 15 is 0 Å². The SMILES string of the molecule is CCCN(CC1CC1)C(=O)C(C)(C)c1ccc(N)cc1. The molecule has 1 aliphatic rings. The summed E-state index contributed by atoms with van der Waals surface area (Å²) in [5, 5.41) is 0. The number of carbonyl (C=O) groups is 1. The van der Waals surface area contributed by atoms with Gasteiger partial charge in [0.2, 0.25) is 5.91 Å². The van der Waals surface area contributed by atoms with Gasteiger partial charge in [-0.3, -0.25) is 4.79 Å². The molecule has 0 aromatic heterocycles. The average Bonchev–Trinajstić information content (AvgIpc) is 3.22. The lowest BCUT2D eigenvalue weighted by Gasteiger charge is -2.32. The third-order valence-corrected chi connectivity index (χ3v) is 4.12. The van der Waals surface area contributed by atoms with Gasteiger partial charge in [-0.1, -0.05) is 19.1 Å². The fourth-order valence-electron chi connectivity index (χ4n) is 2.58. The molecule has 0 saturated heterocycles. The molecule has 20 heavy (non-hydrogen) atoms. The molecule has 2 N–H and O–H groups in total. The van der Waals surface area contributed by atoms with E-state index in [-0.39, 0.29) is 5.91 Å². The minimum absolute atomic E-state index is 0.232. The zero-order valence-corrected chi connectivity index (χ0v) is 12.9. The number of nitrogens with zero attached hydrogens (tertiary/aromatic N) is 1. The Morgan fingerprint density at radius 3 is 2.40 bits per heavy atom. The maximum atomic E-state index is 12.9. The molecule has 0 spiro atoms. The summed E-state index contributed by atoms with van der Waals surface area (Å²) in [4.78, 5) is 14.9. The summed E-state index contributed by atoms with van der Waals surface area (Å²) < 4.78 is 0. The summed E-state index contributed by atoms with van der Waals surface area (Å²) in [6.07, 6.45) is 3.56. The van der Waals surface area contributed by atoms with Gasteiger partial charge in [0.15, 0.2) is 0 Å². The molecule has 1 aromatic carbocycles. The predicted molar refractivity (Wildman–Crippen MR) is 83.5 cm³/mol. The van der Waals surface area contributed by atoms with Crippen molar-refractivity contribution in [1.29, 1.82) is 0 Å². The number of amides is 1. The second-order valence-electron chi connectivity index (χ2n) is 6.44. The number of nitrogens with two attached hydrogens (primary N) is 1. The van der Waals surface area contributed by atoms with Crippen LogP contribution >= 0.6 is 0 Å². The zero-order chi connectivity index (χ0) is 14.8. The maximum absolute atomic E-state index is 12.9. The van der Waals surface area contributed by atoms with E-state index in [1.807, 2.05) is 43.0 Å². The van der Waals surface area contributed by atoms with E-state index < -0.39 is 5.41 Å². The minimum Gasteiger partial charge on any atom is -0.399 e. The van der Waals surface area contributed by atoms with Crippen molar-refractivity contribution >= 4 is 11.6 Å². The Morgan fingerprint density at radius 1 is 1.30 bits per heavy atom. The highest BCUT2D eigenvalue weighted by Crippen LogP contribution is 2.32. The highest BCUT2D eigenvalue weighted by molar-refractivity contribution is 5.87. The van der Waals surface area contributed by atoms with Crippen molar-refractivity contribution in [1.82, 2.24) is 4.90 Å². The first-order valence-corrected chi connectivity index (χ1v) is 7.60. The second kappa shape index (κ2) is 5.86. The highest BCUT2D eigenvalue weighted by atomic mass is 16.2. The van der Waals surface area contributed by atoms with Gasteiger partial charge in [0.25, 0.3) is 0 Å². The molecule has 0 bridgehead atoms. The smallest absolute Gasteiger partial charge is 0.232 e. The van der Waals surface area contributed by atoms with Crippen molar-refractivity contribution in [3.05, 3.63) is 29.8 Å². The highest BCUT2D eigenvalue weighted by Gasteiger charge is 2.35. The van der Waals surface area contributed by atoms with Crippen LogP contribution in [0, 0.1) is 5.92 Å². The summed E-state index contributed by atoms with van der Waals surface area (Å²) in [5.41, 5.74) is 7.02. The topological polar surface area (TPSA) is 46.3 Å². The van der Waals surface area contributed by atoms with Crippen molar-refractivity contribution < 1.29 is 4.79 Å². The van der Waals surface area contributed by atoms with Crippen molar-refractivity contribution in [3.8, 4) is 0 Å². The van der Waals surface area contributed by atoms with Crippen LogP contribution in [0.1, 0.15) is 45.6 Å². The molecule has 1 aliphatic carbocycles. The van der Waals surface area contributed by atoms with Gasteiger partial charge in [-0.05, 0) is 56.7 Å². The number of carbonyl (C=O) groups excluding carboxylic acids is 1. The van der Waals surface area contributed by atoms with Crippen LogP contribution in [0.15, 0.2) is 24.3 Å². The monoisotopic (exact) mass is 274 g/mol. The molecule has 3 heteroatoms. The van der Waals surface area contributed by atoms with Crippen LogP contribution in [0.5, 0.6) is 0 Å². The van der Waals surface area contributed by atoms with Gasteiger partial charge in [-0.25, -0.2) is 0 Å². The molecular weight excluding hydrogens is 248 g/mol. The summed E-state index contributed by atoms with van der Waals surface area (Å²) >= 11 is 0. The fourth-order valence-corrected chi connectivity index (χ4v) is 2.58. The van der Waals surface area contributed by atoms with Gasteiger partial charge in [-0.15, -0.1) is 0 Å². The number of benzene rings is 1. The predicted octanol–water partition coefficient (Wildman–Crippen LogP) is 3.20. The molecular formula is C17H26N2O. The van der Waals surface area contributed by atoms with Crippen LogP contribution in [0.4, 0.5) is 5.69 Å². The summed E-state index contributed by atoms with van der Waals surface area (Å²) in [6.45, 7) is 7.93. The lowest BCUT2D eigenvalue weighted by molar-refractivity contribution is -0.136. The standard InChI is InChI=1S/C17H26N2O/c1-4-11-19(12-13-5-6-13)16(20)17(2,3)14-7-9-15(18)10-8-14/h7-10,13H,4-6,11-12,18H2,1-3H3. The Labute approximate surface area is 122 Å². The molecule has 0 aliphatic heterocycles. The molecule has 1 aromatic rings. The lowest BCUT2D eigenvalue weighted by atomic mass is 9.83. The fraction of sp³-hybridized carbons (Fsp3) is 0.588. The normalized spacial score (nSPS) is 15.2. The van der Waals surface area contributed by atoms with Crippen molar-refractivity contribution in [3.63, 3.8) is 0 Å². The van der Waals surface area contributed by atoms with Crippen LogP contribution in [0.3, 0.4) is 0 Å². The number of hydrogen-bond acceptors (Lipinski definition) is 2. The molecule has 1 amide bonds. The number of rotatable bonds is 6. The van der Waals surface area contributed by atoms with Crippen molar-refractivity contribution in [2.45, 2.75) is 45.4 Å². The summed E-state index contributed by atoms with van der Waals surface area (Å²) in [7, 11) is 0. The van der Waals surface area contributed by atoms with E-state index in [0.29, 0.717) is 0 Å². The summed E-state index contributed by atoms with van der Waals surface area (Å²) in [5.74, 6) is 0.962. The second-order valence-corrected chi connectivity index (χ2v) is 6.44. The molecule has 0 radical (unpaired) electrons. The largest absolute Gasteiger partial charge is 0.399 e. The first-order chi connectivity index (χ1) is 9.45. The third-order valence-electron chi connectivity index (χ3n) is 4.12. The van der Waals surface area contributed by atoms with Crippen molar-refractivity contribution in [2.75, 3.05) is 18.8 Å². The van der Waals surface area contributed by atoms with Gasteiger partial charge in [0.05, 0.1) is 5.41 Å². The van der Waals surface area contributed by atoms with Gasteiger partial charge < -0.3 is 10.6 Å². The molecule has 0 unspecified atom stereocenters. The molecule has 0 heterocycles. The third kappa shape index (κ3) is 3.33. The molecule has 3 nitrogen and oxygen atoms in total. The number of nitrogen functional groups attached to an aromatic ring is 1. The van der Waals surface area contributed by atoms with Gasteiger partial charge in [-0.2, -0.15) is 0 Å². The zero-order valence-electron chi connectivity index (χ0n) is 12.9. The van der Waals surface area contributed by atoms with Crippen LogP contribution in [0.2, 0.25) is 0 Å². The molecule has 2 rings (SSSR count). The maximum Gasteiger partial charge on any atom is 0.232 e. The van der Waals surface area contributed by atoms with E-state index in [1.54, 1.807) is 0 Å². The van der Waals surface area contributed by atoms with Crippen molar-refractivity contribution in [2.24, 2.45) is 5.92 Å². The van der Waals surface area contributed by atoms with Gasteiger partial charge >= 0.3 is 0 Å². The van der Waals surface area contributed by atoms with E-state index in [0.717, 1.165) is 36.7 Å². The Bertz CT molecular complexity index is 460. The number of hydrogen-bond donors (Lipinski definition) is 1. The molecule has 0 atom stereocenters. The average molecular weight is 274 g/mol. The molecule has 1 fully saturated rings. The van der Waals surface area contributed by atoms with E-state index in [2.05, 4.69) is 6.92 Å². The quantitative estimate of drug-likeness (QED) is 0.810. The van der Waals surface area contributed by atoms with Gasteiger partial charge in [0, 0.05) is 18.8 Å². The van der Waals surface area contributed by atoms with E-state index in [1.165, 1.54) is 12.8 Å². The first kappa shape index (κ1) is 14.9. The number of anilines is 1. The Morgan fingerprint density at radius 2 is 1.90 bits per heavy atom. The Balaban J connectivity index is 2.16.